The highest BCUT2D eigenvalue weighted by Gasteiger charge is 2.61. The van der Waals surface area contributed by atoms with Crippen molar-refractivity contribution < 1.29 is 14.3 Å². The summed E-state index contributed by atoms with van der Waals surface area (Å²) >= 11 is 18.5. The van der Waals surface area contributed by atoms with Crippen molar-refractivity contribution in [3.8, 4) is 0 Å². The molecule has 4 nitrogen and oxygen atoms in total. The maximum Gasteiger partial charge on any atom is 0.407 e. The Balaban J connectivity index is 3.24. The van der Waals surface area contributed by atoms with Crippen molar-refractivity contribution in [3.05, 3.63) is 12.7 Å². The first-order valence-electron chi connectivity index (χ1n) is 6.28. The summed E-state index contributed by atoms with van der Waals surface area (Å²) in [6, 6.07) is 0. The summed E-state index contributed by atoms with van der Waals surface area (Å²) in [6.45, 7) is 9.99. The molecule has 1 fully saturated rings. The number of alkyl halides is 3. The number of amides is 1. The molecule has 1 saturated heterocycles. The van der Waals surface area contributed by atoms with Gasteiger partial charge < -0.3 is 14.4 Å². The van der Waals surface area contributed by atoms with Gasteiger partial charge in [-0.25, -0.2) is 4.79 Å². The average molecular weight is 361 g/mol. The van der Waals surface area contributed by atoms with Gasteiger partial charge in [0.2, 0.25) is 3.79 Å². The Morgan fingerprint density at radius 2 is 2.10 bits per heavy atom. The maximum absolute atomic E-state index is 11.3. The normalized spacial score (nSPS) is 27.7. The van der Waals surface area contributed by atoms with Crippen LogP contribution in [-0.2, 0) is 4.43 Å². The standard InChI is InChI=1S/C12H20Cl3NO3Si/c1-5-6-9-7-16(10(17)18)8-11(9,12(13,14)15)19-20(2,3)4/h5,9H,1,6-8H2,2-4H3,(H,17,18). The van der Waals surface area contributed by atoms with Gasteiger partial charge >= 0.3 is 6.09 Å². The lowest BCUT2D eigenvalue weighted by atomic mass is 9.89. The number of likely N-dealkylation sites (tertiary alicyclic amines) is 1. The number of carboxylic acid groups (broad SMARTS) is 1. The van der Waals surface area contributed by atoms with E-state index in [-0.39, 0.29) is 19.0 Å². The third-order valence-corrected chi connectivity index (χ3v) is 5.15. The van der Waals surface area contributed by atoms with E-state index in [1.807, 2.05) is 19.6 Å². The van der Waals surface area contributed by atoms with Crippen LogP contribution in [0.4, 0.5) is 4.79 Å². The van der Waals surface area contributed by atoms with Crippen LogP contribution in [0.5, 0.6) is 0 Å². The topological polar surface area (TPSA) is 49.8 Å². The van der Waals surface area contributed by atoms with Gasteiger partial charge in [0.25, 0.3) is 0 Å². The molecule has 1 heterocycles. The Morgan fingerprint density at radius 3 is 2.45 bits per heavy atom. The summed E-state index contributed by atoms with van der Waals surface area (Å²) in [7, 11) is -2.05. The second-order valence-electron chi connectivity index (χ2n) is 5.99. The molecule has 0 aromatic rings. The number of hydrogen-bond donors (Lipinski definition) is 1. The largest absolute Gasteiger partial charge is 0.465 e. The molecule has 0 aliphatic carbocycles. The van der Waals surface area contributed by atoms with Crippen molar-refractivity contribution in [1.29, 1.82) is 0 Å². The molecule has 2 unspecified atom stereocenters. The van der Waals surface area contributed by atoms with Crippen molar-refractivity contribution in [2.75, 3.05) is 13.1 Å². The lowest BCUT2D eigenvalue weighted by Crippen LogP contribution is -2.57. The first-order valence-corrected chi connectivity index (χ1v) is 10.8. The molecule has 20 heavy (non-hydrogen) atoms. The zero-order valence-electron chi connectivity index (χ0n) is 11.8. The highest BCUT2D eigenvalue weighted by molar-refractivity contribution is 6.71. The first kappa shape index (κ1) is 18.1. The molecule has 0 aromatic carbocycles. The molecule has 2 atom stereocenters. The number of carbonyl (C=O) groups is 1. The Bertz CT molecular complexity index is 394. The van der Waals surface area contributed by atoms with Crippen LogP contribution in [0.1, 0.15) is 6.42 Å². The summed E-state index contributed by atoms with van der Waals surface area (Å²) in [6.07, 6.45) is 1.20. The molecule has 1 aliphatic rings. The molecular weight excluding hydrogens is 341 g/mol. The fraction of sp³-hybridized carbons (Fsp3) is 0.750. The molecule has 1 aliphatic heterocycles. The van der Waals surface area contributed by atoms with Crippen LogP contribution in [0, 0.1) is 5.92 Å². The second kappa shape index (κ2) is 6.05. The van der Waals surface area contributed by atoms with Gasteiger partial charge in [0, 0.05) is 12.5 Å². The second-order valence-corrected chi connectivity index (χ2v) is 12.7. The Labute approximate surface area is 135 Å². The lowest BCUT2D eigenvalue weighted by Gasteiger charge is -2.44. The zero-order valence-corrected chi connectivity index (χ0v) is 15.1. The van der Waals surface area contributed by atoms with E-state index in [0.29, 0.717) is 6.42 Å². The van der Waals surface area contributed by atoms with E-state index in [0.717, 1.165) is 0 Å². The van der Waals surface area contributed by atoms with E-state index in [1.165, 1.54) is 4.90 Å². The van der Waals surface area contributed by atoms with Gasteiger partial charge in [-0.05, 0) is 26.1 Å². The van der Waals surface area contributed by atoms with Crippen LogP contribution in [0.15, 0.2) is 12.7 Å². The van der Waals surface area contributed by atoms with E-state index in [4.69, 9.17) is 39.2 Å². The van der Waals surface area contributed by atoms with Crippen LogP contribution >= 0.6 is 34.8 Å². The summed E-state index contributed by atoms with van der Waals surface area (Å²) < 4.78 is 4.48. The highest BCUT2D eigenvalue weighted by Crippen LogP contribution is 2.51. The summed E-state index contributed by atoms with van der Waals surface area (Å²) in [5, 5.41) is 9.22. The predicted molar refractivity (Wildman–Crippen MR) is 85.4 cm³/mol. The number of halogens is 3. The van der Waals surface area contributed by atoms with Gasteiger partial charge in [-0.15, -0.1) is 6.58 Å². The summed E-state index contributed by atoms with van der Waals surface area (Å²) in [5.41, 5.74) is -1.13. The fourth-order valence-corrected chi connectivity index (χ4v) is 4.97. The van der Waals surface area contributed by atoms with Crippen molar-refractivity contribution in [1.82, 2.24) is 4.90 Å². The molecular formula is C12H20Cl3NO3Si. The molecule has 1 rings (SSSR count). The molecule has 0 radical (unpaired) electrons. The summed E-state index contributed by atoms with van der Waals surface area (Å²) in [5.74, 6) is -0.227. The van der Waals surface area contributed by atoms with Gasteiger partial charge in [0.1, 0.15) is 5.60 Å². The zero-order chi connectivity index (χ0) is 15.8. The van der Waals surface area contributed by atoms with E-state index >= 15 is 0 Å². The predicted octanol–water partition coefficient (Wildman–Crippen LogP) is 4.13. The molecule has 116 valence electrons. The Hall–Kier alpha value is 0.0569. The highest BCUT2D eigenvalue weighted by atomic mass is 35.6. The van der Waals surface area contributed by atoms with Gasteiger partial charge in [-0.1, -0.05) is 40.9 Å². The maximum atomic E-state index is 11.3. The summed E-state index contributed by atoms with van der Waals surface area (Å²) in [4.78, 5) is 12.5. The third-order valence-electron chi connectivity index (χ3n) is 3.22. The number of nitrogens with zero attached hydrogens (tertiary/aromatic N) is 1. The average Bonchev–Trinajstić information content (AvgIpc) is 2.56. The monoisotopic (exact) mass is 359 g/mol. The molecule has 1 amide bonds. The van der Waals surface area contributed by atoms with Gasteiger partial charge in [-0.3, -0.25) is 0 Å². The van der Waals surface area contributed by atoms with Gasteiger partial charge in [0.15, 0.2) is 8.32 Å². The Morgan fingerprint density at radius 1 is 1.55 bits per heavy atom. The molecule has 0 aromatic heterocycles. The number of allylic oxidation sites excluding steroid dienone is 1. The smallest absolute Gasteiger partial charge is 0.407 e. The Kier molecular flexibility index (Phi) is 5.47. The van der Waals surface area contributed by atoms with E-state index < -0.39 is 23.8 Å². The number of hydrogen-bond acceptors (Lipinski definition) is 2. The van der Waals surface area contributed by atoms with Crippen LogP contribution in [0.2, 0.25) is 19.6 Å². The minimum atomic E-state index is -2.05. The molecule has 0 spiro atoms. The van der Waals surface area contributed by atoms with E-state index in [1.54, 1.807) is 6.08 Å². The molecule has 0 bridgehead atoms. The minimum absolute atomic E-state index is 0.0572. The van der Waals surface area contributed by atoms with Crippen molar-refractivity contribution in [3.63, 3.8) is 0 Å². The molecule has 8 heteroatoms. The van der Waals surface area contributed by atoms with Crippen molar-refractivity contribution >= 4 is 49.2 Å². The van der Waals surface area contributed by atoms with E-state index in [9.17, 15) is 9.90 Å². The quantitative estimate of drug-likeness (QED) is 0.466. The van der Waals surface area contributed by atoms with Crippen LogP contribution in [-0.4, -0.2) is 46.9 Å². The SMILES string of the molecule is C=CCC1CN(C(=O)O)CC1(O[Si](C)(C)C)C(Cl)(Cl)Cl. The third kappa shape index (κ3) is 3.83. The molecule has 1 N–H and O–H groups in total. The minimum Gasteiger partial charge on any atom is -0.465 e. The van der Waals surface area contributed by atoms with E-state index in [2.05, 4.69) is 6.58 Å². The van der Waals surface area contributed by atoms with Crippen molar-refractivity contribution in [2.45, 2.75) is 35.5 Å². The van der Waals surface area contributed by atoms with Crippen LogP contribution < -0.4 is 0 Å². The lowest BCUT2D eigenvalue weighted by molar-refractivity contribution is 0.0355. The van der Waals surface area contributed by atoms with Crippen molar-refractivity contribution in [2.24, 2.45) is 5.92 Å². The first-order chi connectivity index (χ1) is 8.93. The van der Waals surface area contributed by atoms with Gasteiger partial charge in [-0.2, -0.15) is 0 Å². The molecule has 0 saturated carbocycles. The number of rotatable bonds is 4. The van der Waals surface area contributed by atoms with Gasteiger partial charge in [0.05, 0.1) is 6.54 Å². The fourth-order valence-electron chi connectivity index (χ4n) is 2.54. The van der Waals surface area contributed by atoms with Crippen LogP contribution in [0.25, 0.3) is 0 Å². The van der Waals surface area contributed by atoms with Crippen LogP contribution in [0.3, 0.4) is 0 Å².